The second-order valence-electron chi connectivity index (χ2n) is 6.02. The minimum absolute atomic E-state index is 0.200. The Balaban J connectivity index is 1.72. The molecule has 0 spiro atoms. The molecular formula is C19H22N4O3. The lowest BCUT2D eigenvalue weighted by atomic mass is 10.2. The van der Waals surface area contributed by atoms with Gasteiger partial charge in [0.05, 0.1) is 5.56 Å². The SMILES string of the molecule is CCCn1nc(NC(=O)c2noc(C)c2COc2ccccc2)cc1C. The first-order valence-corrected chi connectivity index (χ1v) is 8.57. The number of anilines is 1. The second kappa shape index (κ2) is 7.86. The molecule has 0 bridgehead atoms. The Labute approximate surface area is 151 Å². The fourth-order valence-electron chi connectivity index (χ4n) is 2.60. The van der Waals surface area contributed by atoms with Crippen molar-refractivity contribution in [1.29, 1.82) is 0 Å². The largest absolute Gasteiger partial charge is 0.489 e. The molecule has 0 unspecified atom stereocenters. The molecule has 2 aromatic heterocycles. The van der Waals surface area contributed by atoms with E-state index >= 15 is 0 Å². The molecule has 136 valence electrons. The van der Waals surface area contributed by atoms with Crippen molar-refractivity contribution in [3.63, 3.8) is 0 Å². The highest BCUT2D eigenvalue weighted by Gasteiger charge is 2.21. The Morgan fingerprint density at radius 3 is 2.77 bits per heavy atom. The third kappa shape index (κ3) is 3.93. The molecule has 3 aromatic rings. The highest BCUT2D eigenvalue weighted by molar-refractivity contribution is 6.03. The molecular weight excluding hydrogens is 332 g/mol. The summed E-state index contributed by atoms with van der Waals surface area (Å²) < 4.78 is 12.8. The molecule has 2 heterocycles. The normalized spacial score (nSPS) is 10.7. The molecule has 7 heteroatoms. The number of hydrogen-bond donors (Lipinski definition) is 1. The van der Waals surface area contributed by atoms with Crippen LogP contribution in [0.3, 0.4) is 0 Å². The van der Waals surface area contributed by atoms with Crippen LogP contribution in [-0.2, 0) is 13.2 Å². The zero-order valence-corrected chi connectivity index (χ0v) is 15.2. The van der Waals surface area contributed by atoms with Crippen LogP contribution < -0.4 is 10.1 Å². The quantitative estimate of drug-likeness (QED) is 0.699. The summed E-state index contributed by atoms with van der Waals surface area (Å²) in [6.45, 7) is 6.80. The van der Waals surface area contributed by atoms with Crippen molar-refractivity contribution >= 4 is 11.7 Å². The van der Waals surface area contributed by atoms with Gasteiger partial charge in [0.1, 0.15) is 18.1 Å². The Bertz CT molecular complexity index is 884. The summed E-state index contributed by atoms with van der Waals surface area (Å²) in [7, 11) is 0. The van der Waals surface area contributed by atoms with Gasteiger partial charge in [0.25, 0.3) is 5.91 Å². The van der Waals surface area contributed by atoms with Crippen LogP contribution in [0.4, 0.5) is 5.82 Å². The Kier molecular flexibility index (Phi) is 5.36. The molecule has 0 saturated carbocycles. The van der Waals surface area contributed by atoms with Gasteiger partial charge in [-0.2, -0.15) is 5.10 Å². The van der Waals surface area contributed by atoms with Crippen molar-refractivity contribution in [2.24, 2.45) is 0 Å². The van der Waals surface area contributed by atoms with E-state index in [1.54, 1.807) is 6.92 Å². The number of carbonyl (C=O) groups excluding carboxylic acids is 1. The number of carbonyl (C=O) groups is 1. The van der Waals surface area contributed by atoms with E-state index in [0.29, 0.717) is 22.9 Å². The van der Waals surface area contributed by atoms with E-state index in [9.17, 15) is 4.79 Å². The number of benzene rings is 1. The topological polar surface area (TPSA) is 82.2 Å². The van der Waals surface area contributed by atoms with Gasteiger partial charge in [0, 0.05) is 18.3 Å². The first kappa shape index (κ1) is 17.7. The van der Waals surface area contributed by atoms with Crippen molar-refractivity contribution in [2.75, 3.05) is 5.32 Å². The standard InChI is InChI=1S/C19H22N4O3/c1-4-10-23-13(2)11-17(21-23)20-19(24)18-16(14(3)26-22-18)12-25-15-8-6-5-7-9-15/h5-9,11H,4,10,12H2,1-3H3,(H,20,21,24). The average molecular weight is 354 g/mol. The number of amides is 1. The molecule has 0 aliphatic carbocycles. The first-order chi connectivity index (χ1) is 12.6. The predicted octanol–water partition coefficient (Wildman–Crippen LogP) is 3.73. The first-order valence-electron chi connectivity index (χ1n) is 8.57. The predicted molar refractivity (Wildman–Crippen MR) is 97.2 cm³/mol. The van der Waals surface area contributed by atoms with Gasteiger partial charge >= 0.3 is 0 Å². The van der Waals surface area contributed by atoms with Crippen LogP contribution in [0.2, 0.25) is 0 Å². The molecule has 0 atom stereocenters. The van der Waals surface area contributed by atoms with Crippen LogP contribution in [0, 0.1) is 13.8 Å². The molecule has 0 radical (unpaired) electrons. The highest BCUT2D eigenvalue weighted by Crippen LogP contribution is 2.19. The molecule has 1 amide bonds. The number of ether oxygens (including phenoxy) is 1. The summed E-state index contributed by atoms with van der Waals surface area (Å²) >= 11 is 0. The highest BCUT2D eigenvalue weighted by atomic mass is 16.5. The average Bonchev–Trinajstić information content (AvgIpc) is 3.17. The maximum atomic E-state index is 12.6. The van der Waals surface area contributed by atoms with E-state index in [1.165, 1.54) is 0 Å². The zero-order chi connectivity index (χ0) is 18.5. The van der Waals surface area contributed by atoms with Crippen LogP contribution in [-0.4, -0.2) is 20.8 Å². The van der Waals surface area contributed by atoms with Crippen molar-refractivity contribution in [3.8, 4) is 5.75 Å². The minimum atomic E-state index is -0.366. The molecule has 0 aliphatic rings. The number of rotatable bonds is 7. The van der Waals surface area contributed by atoms with Gasteiger partial charge < -0.3 is 14.6 Å². The molecule has 1 N–H and O–H groups in total. The van der Waals surface area contributed by atoms with Gasteiger partial charge in [0.2, 0.25) is 0 Å². The van der Waals surface area contributed by atoms with Crippen molar-refractivity contribution in [3.05, 3.63) is 59.1 Å². The van der Waals surface area contributed by atoms with E-state index in [1.807, 2.05) is 48.0 Å². The second-order valence-corrected chi connectivity index (χ2v) is 6.02. The van der Waals surface area contributed by atoms with E-state index < -0.39 is 0 Å². The number of nitrogens with one attached hydrogen (secondary N) is 1. The van der Waals surface area contributed by atoms with E-state index in [2.05, 4.69) is 22.5 Å². The summed E-state index contributed by atoms with van der Waals surface area (Å²) in [4.78, 5) is 12.6. The van der Waals surface area contributed by atoms with Crippen LogP contribution in [0.1, 0.15) is 40.9 Å². The molecule has 0 saturated heterocycles. The minimum Gasteiger partial charge on any atom is -0.489 e. The van der Waals surface area contributed by atoms with Gasteiger partial charge in [0.15, 0.2) is 11.5 Å². The molecule has 1 aromatic carbocycles. The van der Waals surface area contributed by atoms with E-state index in [4.69, 9.17) is 9.26 Å². The van der Waals surface area contributed by atoms with Gasteiger partial charge in [-0.05, 0) is 32.4 Å². The summed E-state index contributed by atoms with van der Waals surface area (Å²) in [5.74, 6) is 1.40. The van der Waals surface area contributed by atoms with Crippen LogP contribution in [0.15, 0.2) is 40.9 Å². The van der Waals surface area contributed by atoms with Crippen molar-refractivity contribution in [2.45, 2.75) is 40.3 Å². The Morgan fingerprint density at radius 1 is 1.27 bits per heavy atom. The monoisotopic (exact) mass is 354 g/mol. The summed E-state index contributed by atoms with van der Waals surface area (Å²) in [6.07, 6.45) is 0.972. The molecule has 0 fully saturated rings. The third-order valence-electron chi connectivity index (χ3n) is 3.98. The van der Waals surface area contributed by atoms with Gasteiger partial charge in [-0.1, -0.05) is 30.3 Å². The fraction of sp³-hybridized carbons (Fsp3) is 0.316. The maximum absolute atomic E-state index is 12.6. The molecule has 0 aliphatic heterocycles. The molecule has 3 rings (SSSR count). The molecule has 26 heavy (non-hydrogen) atoms. The Hall–Kier alpha value is -3.09. The van der Waals surface area contributed by atoms with Crippen LogP contribution in [0.25, 0.3) is 0 Å². The lowest BCUT2D eigenvalue weighted by Crippen LogP contribution is -2.16. The summed E-state index contributed by atoms with van der Waals surface area (Å²) in [6, 6.07) is 11.2. The van der Waals surface area contributed by atoms with Crippen LogP contribution >= 0.6 is 0 Å². The van der Waals surface area contributed by atoms with Gasteiger partial charge in [-0.15, -0.1) is 0 Å². The number of para-hydroxylation sites is 1. The lowest BCUT2D eigenvalue weighted by Gasteiger charge is -2.06. The zero-order valence-electron chi connectivity index (χ0n) is 15.2. The Morgan fingerprint density at radius 2 is 2.04 bits per heavy atom. The van der Waals surface area contributed by atoms with E-state index in [0.717, 1.165) is 18.7 Å². The van der Waals surface area contributed by atoms with Gasteiger partial charge in [-0.3, -0.25) is 9.48 Å². The number of aromatic nitrogens is 3. The summed E-state index contributed by atoms with van der Waals surface area (Å²) in [5.41, 5.74) is 1.82. The smallest absolute Gasteiger partial charge is 0.279 e. The lowest BCUT2D eigenvalue weighted by molar-refractivity contribution is 0.101. The fourth-order valence-corrected chi connectivity index (χ4v) is 2.60. The van der Waals surface area contributed by atoms with E-state index in [-0.39, 0.29) is 18.2 Å². The summed E-state index contributed by atoms with van der Waals surface area (Å²) in [5, 5.41) is 11.1. The number of hydrogen-bond acceptors (Lipinski definition) is 5. The third-order valence-corrected chi connectivity index (χ3v) is 3.98. The van der Waals surface area contributed by atoms with Gasteiger partial charge in [-0.25, -0.2) is 0 Å². The maximum Gasteiger partial charge on any atom is 0.279 e. The van der Waals surface area contributed by atoms with Crippen LogP contribution in [0.5, 0.6) is 5.75 Å². The number of aryl methyl sites for hydroxylation is 3. The van der Waals surface area contributed by atoms with Crippen molar-refractivity contribution in [1.82, 2.24) is 14.9 Å². The number of nitrogens with zero attached hydrogens (tertiary/aromatic N) is 3. The molecule has 7 nitrogen and oxygen atoms in total. The van der Waals surface area contributed by atoms with Crippen molar-refractivity contribution < 1.29 is 14.1 Å².